The highest BCUT2D eigenvalue weighted by Crippen LogP contribution is 1.94. The second-order valence-corrected chi connectivity index (χ2v) is 3.12. The minimum atomic E-state index is -0.473. The van der Waals surface area contributed by atoms with Gasteiger partial charge in [-0.1, -0.05) is 0 Å². The predicted molar refractivity (Wildman–Crippen MR) is 54.0 cm³/mol. The topological polar surface area (TPSA) is 67.3 Å². The van der Waals surface area contributed by atoms with E-state index >= 15 is 0 Å². The van der Waals surface area contributed by atoms with E-state index in [4.69, 9.17) is 4.74 Å². The first-order valence-corrected chi connectivity index (χ1v) is 4.41. The molecule has 1 unspecified atom stereocenters. The van der Waals surface area contributed by atoms with E-state index in [0.29, 0.717) is 0 Å². The lowest BCUT2D eigenvalue weighted by Crippen LogP contribution is -2.46. The van der Waals surface area contributed by atoms with Crippen LogP contribution in [0.4, 0.5) is 0 Å². The van der Waals surface area contributed by atoms with Gasteiger partial charge in [-0.2, -0.15) is 0 Å². The Hall–Kier alpha value is -1.53. The minimum absolute atomic E-state index is 0.265. The summed E-state index contributed by atoms with van der Waals surface area (Å²) in [5, 5.41) is 2.64. The van der Waals surface area contributed by atoms with Gasteiger partial charge in [0.25, 0.3) is 5.91 Å². The van der Waals surface area contributed by atoms with Crippen LogP contribution in [0.25, 0.3) is 0 Å². The van der Waals surface area contributed by atoms with Crippen LogP contribution < -0.4 is 5.32 Å². The second kappa shape index (κ2) is 5.38. The number of carbonyl (C=O) groups excluding carboxylic acids is 1. The van der Waals surface area contributed by atoms with E-state index in [0.717, 1.165) is 0 Å². The van der Waals surface area contributed by atoms with Gasteiger partial charge in [-0.05, 0) is 14.1 Å². The van der Waals surface area contributed by atoms with Crippen LogP contribution in [-0.4, -0.2) is 48.3 Å². The van der Waals surface area contributed by atoms with E-state index in [1.165, 1.54) is 25.7 Å². The first kappa shape index (κ1) is 11.5. The number of amides is 1. The van der Waals surface area contributed by atoms with Crippen molar-refractivity contribution >= 4 is 5.91 Å². The van der Waals surface area contributed by atoms with E-state index in [9.17, 15) is 4.79 Å². The summed E-state index contributed by atoms with van der Waals surface area (Å²) in [6.07, 6.45) is 3.90. The Balaban J connectivity index is 2.63. The van der Waals surface area contributed by atoms with Gasteiger partial charge in [0.05, 0.1) is 6.20 Å². The molecule has 0 saturated heterocycles. The van der Waals surface area contributed by atoms with Gasteiger partial charge < -0.3 is 10.1 Å². The van der Waals surface area contributed by atoms with Crippen molar-refractivity contribution in [2.24, 2.45) is 0 Å². The van der Waals surface area contributed by atoms with E-state index in [1.54, 1.807) is 19.0 Å². The van der Waals surface area contributed by atoms with Crippen molar-refractivity contribution in [1.82, 2.24) is 20.2 Å². The molecule has 1 atom stereocenters. The maximum atomic E-state index is 11.6. The first-order valence-electron chi connectivity index (χ1n) is 4.41. The molecule has 1 heterocycles. The number of methoxy groups -OCH3 is 1. The van der Waals surface area contributed by atoms with E-state index in [1.807, 2.05) is 0 Å². The van der Waals surface area contributed by atoms with Crippen molar-refractivity contribution in [2.45, 2.75) is 6.35 Å². The average Bonchev–Trinajstić information content (AvgIpc) is 2.26. The summed E-state index contributed by atoms with van der Waals surface area (Å²) < 4.78 is 5.05. The molecule has 82 valence electrons. The third-order valence-electron chi connectivity index (χ3n) is 1.74. The molecule has 0 bridgehead atoms. The number of ether oxygens (including phenoxy) is 1. The van der Waals surface area contributed by atoms with Crippen LogP contribution in [0.3, 0.4) is 0 Å². The lowest BCUT2D eigenvalue weighted by atomic mass is 10.4. The smallest absolute Gasteiger partial charge is 0.274 e. The molecule has 0 saturated carbocycles. The van der Waals surface area contributed by atoms with Crippen LogP contribution in [0.2, 0.25) is 0 Å². The summed E-state index contributed by atoms with van der Waals surface area (Å²) >= 11 is 0. The number of carbonyl (C=O) groups is 1. The fraction of sp³-hybridized carbons (Fsp3) is 0.444. The molecule has 0 aromatic carbocycles. The van der Waals surface area contributed by atoms with Crippen molar-refractivity contribution in [1.29, 1.82) is 0 Å². The second-order valence-electron chi connectivity index (χ2n) is 3.12. The Bertz CT molecular complexity index is 315. The zero-order valence-electron chi connectivity index (χ0n) is 8.97. The third-order valence-corrected chi connectivity index (χ3v) is 1.74. The normalized spacial score (nSPS) is 12.5. The highest BCUT2D eigenvalue weighted by atomic mass is 16.5. The van der Waals surface area contributed by atoms with Gasteiger partial charge in [0, 0.05) is 19.5 Å². The van der Waals surface area contributed by atoms with Crippen LogP contribution in [0.1, 0.15) is 10.5 Å². The predicted octanol–water partition coefficient (Wildman–Crippen LogP) is -0.302. The highest BCUT2D eigenvalue weighted by Gasteiger charge is 2.15. The van der Waals surface area contributed by atoms with Crippen LogP contribution in [0.5, 0.6) is 0 Å². The zero-order chi connectivity index (χ0) is 11.3. The molecule has 0 spiro atoms. The number of rotatable bonds is 4. The maximum absolute atomic E-state index is 11.6. The van der Waals surface area contributed by atoms with Crippen molar-refractivity contribution in [3.05, 3.63) is 24.3 Å². The summed E-state index contributed by atoms with van der Waals surface area (Å²) in [6.45, 7) is 0. The van der Waals surface area contributed by atoms with Crippen LogP contribution >= 0.6 is 0 Å². The maximum Gasteiger partial charge on any atom is 0.274 e. The Morgan fingerprint density at radius 3 is 2.73 bits per heavy atom. The van der Waals surface area contributed by atoms with Crippen molar-refractivity contribution in [3.8, 4) is 0 Å². The molecule has 1 rings (SSSR count). The van der Waals surface area contributed by atoms with E-state index < -0.39 is 6.35 Å². The molecule has 6 nitrogen and oxygen atoms in total. The standard InChI is InChI=1S/C9H14N4O2/c1-13(2)9(15-3)12-8(14)7-6-10-4-5-11-7/h4-6,9H,1-3H3,(H,12,14). The average molecular weight is 210 g/mol. The molecule has 0 aliphatic rings. The number of nitrogens with zero attached hydrogens (tertiary/aromatic N) is 3. The molecule has 1 amide bonds. The summed E-state index contributed by atoms with van der Waals surface area (Å²) in [5.41, 5.74) is 0.265. The summed E-state index contributed by atoms with van der Waals surface area (Å²) in [6, 6.07) is 0. The van der Waals surface area contributed by atoms with Crippen LogP contribution in [0, 0.1) is 0 Å². The number of aromatic nitrogens is 2. The largest absolute Gasteiger partial charge is 0.348 e. The van der Waals surface area contributed by atoms with Gasteiger partial charge in [0.15, 0.2) is 6.35 Å². The number of hydrogen-bond acceptors (Lipinski definition) is 5. The molecule has 6 heteroatoms. The molecule has 1 aromatic rings. The molecule has 0 aliphatic carbocycles. The van der Waals surface area contributed by atoms with E-state index in [-0.39, 0.29) is 11.6 Å². The summed E-state index contributed by atoms with van der Waals surface area (Å²) in [5.74, 6) is -0.316. The van der Waals surface area contributed by atoms with Crippen molar-refractivity contribution in [3.63, 3.8) is 0 Å². The van der Waals surface area contributed by atoms with Crippen LogP contribution in [0.15, 0.2) is 18.6 Å². The monoisotopic (exact) mass is 210 g/mol. The zero-order valence-corrected chi connectivity index (χ0v) is 8.97. The van der Waals surface area contributed by atoms with Gasteiger partial charge in [-0.15, -0.1) is 0 Å². The molecule has 15 heavy (non-hydrogen) atoms. The molecule has 1 N–H and O–H groups in total. The van der Waals surface area contributed by atoms with Gasteiger partial charge in [0.1, 0.15) is 5.69 Å². The van der Waals surface area contributed by atoms with Gasteiger partial charge in [-0.25, -0.2) is 4.98 Å². The van der Waals surface area contributed by atoms with Crippen molar-refractivity contribution in [2.75, 3.05) is 21.2 Å². The fourth-order valence-corrected chi connectivity index (χ4v) is 1.00. The number of hydrogen-bond donors (Lipinski definition) is 1. The van der Waals surface area contributed by atoms with Gasteiger partial charge >= 0.3 is 0 Å². The minimum Gasteiger partial charge on any atom is -0.348 e. The number of nitrogens with one attached hydrogen (secondary N) is 1. The van der Waals surface area contributed by atoms with E-state index in [2.05, 4.69) is 15.3 Å². The Morgan fingerprint density at radius 1 is 1.53 bits per heavy atom. The molecular weight excluding hydrogens is 196 g/mol. The lowest BCUT2D eigenvalue weighted by molar-refractivity contribution is -0.0239. The quantitative estimate of drug-likeness (QED) is 0.691. The Labute approximate surface area is 88.3 Å². The van der Waals surface area contributed by atoms with Gasteiger partial charge in [0.2, 0.25) is 0 Å². The molecule has 0 radical (unpaired) electrons. The highest BCUT2D eigenvalue weighted by molar-refractivity contribution is 5.91. The fourth-order valence-electron chi connectivity index (χ4n) is 1.00. The Kier molecular flexibility index (Phi) is 4.14. The SMILES string of the molecule is COC(NC(=O)c1cnccn1)N(C)C. The Morgan fingerprint density at radius 2 is 2.27 bits per heavy atom. The molecular formula is C9H14N4O2. The molecule has 0 fully saturated rings. The molecule has 1 aromatic heterocycles. The van der Waals surface area contributed by atoms with Gasteiger partial charge in [-0.3, -0.25) is 14.7 Å². The summed E-state index contributed by atoms with van der Waals surface area (Å²) in [4.78, 5) is 21.0. The van der Waals surface area contributed by atoms with Crippen molar-refractivity contribution < 1.29 is 9.53 Å². The summed E-state index contributed by atoms with van der Waals surface area (Å²) in [7, 11) is 5.11. The van der Waals surface area contributed by atoms with Crippen LogP contribution in [-0.2, 0) is 4.74 Å². The molecule has 0 aliphatic heterocycles. The lowest BCUT2D eigenvalue weighted by Gasteiger charge is -2.23. The third kappa shape index (κ3) is 3.26. The first-order chi connectivity index (χ1) is 7.15.